The van der Waals surface area contributed by atoms with Gasteiger partial charge >= 0.3 is 0 Å². The average molecular weight is 359 g/mol. The second-order valence-electron chi connectivity index (χ2n) is 5.46. The van der Waals surface area contributed by atoms with Crippen LogP contribution >= 0.6 is 23.2 Å². The molecule has 0 saturated carbocycles. The third-order valence-corrected chi connectivity index (χ3v) is 4.19. The minimum Gasteiger partial charge on any atom is -0.479 e. The molecule has 0 aliphatic carbocycles. The Morgan fingerprint density at radius 3 is 2.65 bits per heavy atom. The highest BCUT2D eigenvalue weighted by molar-refractivity contribution is 6.35. The first-order valence-corrected chi connectivity index (χ1v) is 8.40. The van der Waals surface area contributed by atoms with E-state index in [0.717, 1.165) is 25.9 Å². The maximum atomic E-state index is 12.0. The van der Waals surface area contributed by atoms with Crippen LogP contribution in [-0.4, -0.2) is 42.5 Å². The molecule has 1 aliphatic heterocycles. The fraction of sp³-hybridized carbons (Fsp3) is 0.500. The van der Waals surface area contributed by atoms with Gasteiger partial charge in [0, 0.05) is 31.1 Å². The van der Waals surface area contributed by atoms with Crippen molar-refractivity contribution in [1.82, 2.24) is 10.2 Å². The third-order valence-electron chi connectivity index (χ3n) is 3.66. The van der Waals surface area contributed by atoms with Crippen molar-refractivity contribution in [2.24, 2.45) is 0 Å². The molecule has 0 spiro atoms. The van der Waals surface area contributed by atoms with E-state index in [4.69, 9.17) is 27.9 Å². The number of rotatable bonds is 6. The molecule has 1 saturated heterocycles. The van der Waals surface area contributed by atoms with Crippen molar-refractivity contribution in [1.29, 1.82) is 0 Å². The molecule has 126 valence electrons. The van der Waals surface area contributed by atoms with E-state index >= 15 is 0 Å². The summed E-state index contributed by atoms with van der Waals surface area (Å²) in [5.41, 5.74) is 0. The van der Waals surface area contributed by atoms with Gasteiger partial charge in [-0.3, -0.25) is 9.59 Å². The molecule has 5 nitrogen and oxygen atoms in total. The summed E-state index contributed by atoms with van der Waals surface area (Å²) in [6, 6.07) is 4.81. The molecule has 1 atom stereocenters. The van der Waals surface area contributed by atoms with Gasteiger partial charge in [-0.2, -0.15) is 0 Å². The number of halogens is 2. The van der Waals surface area contributed by atoms with Crippen LogP contribution in [0.5, 0.6) is 5.75 Å². The summed E-state index contributed by atoms with van der Waals surface area (Å²) >= 11 is 11.8. The highest BCUT2D eigenvalue weighted by Gasteiger charge is 2.19. The quantitative estimate of drug-likeness (QED) is 0.850. The third kappa shape index (κ3) is 5.29. The van der Waals surface area contributed by atoms with Gasteiger partial charge < -0.3 is 15.0 Å². The SMILES string of the molecule is C[C@@H](Oc1ccc(Cl)cc1Cl)C(=O)NCCC(=O)N1CCCC1. The lowest BCUT2D eigenvalue weighted by atomic mass is 10.3. The average Bonchev–Trinajstić information content (AvgIpc) is 3.04. The van der Waals surface area contributed by atoms with Crippen LogP contribution in [-0.2, 0) is 9.59 Å². The molecule has 1 fully saturated rings. The maximum Gasteiger partial charge on any atom is 0.260 e. The zero-order chi connectivity index (χ0) is 16.8. The van der Waals surface area contributed by atoms with Crippen LogP contribution in [0.2, 0.25) is 10.0 Å². The summed E-state index contributed by atoms with van der Waals surface area (Å²) in [5, 5.41) is 3.56. The zero-order valence-electron chi connectivity index (χ0n) is 13.0. The summed E-state index contributed by atoms with van der Waals surface area (Å²) in [7, 11) is 0. The molecule has 1 N–H and O–H groups in total. The van der Waals surface area contributed by atoms with Gasteiger partial charge in [0.15, 0.2) is 6.10 Å². The molecule has 2 rings (SSSR count). The van der Waals surface area contributed by atoms with Gasteiger partial charge in [0.25, 0.3) is 5.91 Å². The van der Waals surface area contributed by atoms with E-state index in [1.165, 1.54) is 0 Å². The first-order valence-electron chi connectivity index (χ1n) is 7.64. The number of ether oxygens (including phenoxy) is 1. The van der Waals surface area contributed by atoms with E-state index in [1.54, 1.807) is 25.1 Å². The lowest BCUT2D eigenvalue weighted by molar-refractivity contribution is -0.130. The van der Waals surface area contributed by atoms with Gasteiger partial charge in [-0.05, 0) is 38.0 Å². The Balaban J connectivity index is 1.75. The highest BCUT2D eigenvalue weighted by Crippen LogP contribution is 2.28. The largest absolute Gasteiger partial charge is 0.479 e. The van der Waals surface area contributed by atoms with E-state index < -0.39 is 6.10 Å². The maximum absolute atomic E-state index is 12.0. The Labute approximate surface area is 145 Å². The summed E-state index contributed by atoms with van der Waals surface area (Å²) in [6.45, 7) is 3.57. The number of benzene rings is 1. The Hall–Kier alpha value is -1.46. The van der Waals surface area contributed by atoms with Crippen LogP contribution in [0.1, 0.15) is 26.2 Å². The van der Waals surface area contributed by atoms with Gasteiger partial charge in [-0.25, -0.2) is 0 Å². The minimum atomic E-state index is -0.712. The first-order chi connectivity index (χ1) is 11.0. The summed E-state index contributed by atoms with van der Waals surface area (Å²) < 4.78 is 5.52. The van der Waals surface area contributed by atoms with E-state index in [0.29, 0.717) is 28.8 Å². The van der Waals surface area contributed by atoms with E-state index in [9.17, 15) is 9.59 Å². The molecule has 1 aliphatic rings. The number of amides is 2. The summed E-state index contributed by atoms with van der Waals surface area (Å²) in [6.07, 6.45) is 1.71. The fourth-order valence-corrected chi connectivity index (χ4v) is 2.83. The zero-order valence-corrected chi connectivity index (χ0v) is 14.5. The van der Waals surface area contributed by atoms with Crippen LogP contribution in [0.3, 0.4) is 0 Å². The molecule has 23 heavy (non-hydrogen) atoms. The van der Waals surface area contributed by atoms with E-state index in [1.807, 2.05) is 4.90 Å². The molecule has 1 heterocycles. The van der Waals surface area contributed by atoms with Crippen molar-refractivity contribution in [3.63, 3.8) is 0 Å². The molecule has 1 aromatic carbocycles. The molecular formula is C16H20Cl2N2O3. The van der Waals surface area contributed by atoms with E-state index in [-0.39, 0.29) is 11.8 Å². The Kier molecular flexibility index (Phi) is 6.54. The van der Waals surface area contributed by atoms with Crippen molar-refractivity contribution in [2.45, 2.75) is 32.3 Å². The second kappa shape index (κ2) is 8.41. The predicted octanol–water partition coefficient (Wildman–Crippen LogP) is 2.89. The molecule has 0 bridgehead atoms. The van der Waals surface area contributed by atoms with Crippen LogP contribution in [0.15, 0.2) is 18.2 Å². The smallest absolute Gasteiger partial charge is 0.260 e. The molecule has 2 amide bonds. The molecule has 7 heteroatoms. The number of carbonyl (C=O) groups excluding carboxylic acids is 2. The lowest BCUT2D eigenvalue weighted by Gasteiger charge is -2.17. The first kappa shape index (κ1) is 17.9. The number of carbonyl (C=O) groups is 2. The monoisotopic (exact) mass is 358 g/mol. The Morgan fingerprint density at radius 2 is 2.00 bits per heavy atom. The number of nitrogens with zero attached hydrogens (tertiary/aromatic N) is 1. The topological polar surface area (TPSA) is 58.6 Å². The van der Waals surface area contributed by atoms with Gasteiger partial charge in [-0.15, -0.1) is 0 Å². The molecule has 0 unspecified atom stereocenters. The van der Waals surface area contributed by atoms with E-state index in [2.05, 4.69) is 5.32 Å². The number of nitrogens with one attached hydrogen (secondary N) is 1. The fourth-order valence-electron chi connectivity index (χ4n) is 2.38. The minimum absolute atomic E-state index is 0.0807. The standard InChI is InChI=1S/C16H20Cl2N2O3/c1-11(23-14-5-4-12(17)10-13(14)18)16(22)19-7-6-15(21)20-8-2-3-9-20/h4-5,10-11H,2-3,6-9H2,1H3,(H,19,22)/t11-/m1/s1. The molecule has 0 radical (unpaired) electrons. The highest BCUT2D eigenvalue weighted by atomic mass is 35.5. The van der Waals surface area contributed by atoms with Crippen molar-refractivity contribution < 1.29 is 14.3 Å². The van der Waals surface area contributed by atoms with Crippen LogP contribution in [0, 0.1) is 0 Å². The van der Waals surface area contributed by atoms with Gasteiger partial charge in [0.1, 0.15) is 5.75 Å². The molecule has 1 aromatic rings. The van der Waals surface area contributed by atoms with Gasteiger partial charge in [-0.1, -0.05) is 23.2 Å². The Morgan fingerprint density at radius 1 is 1.30 bits per heavy atom. The Bertz CT molecular complexity index is 574. The summed E-state index contributed by atoms with van der Waals surface area (Å²) in [5.74, 6) is 0.189. The van der Waals surface area contributed by atoms with Gasteiger partial charge in [0.2, 0.25) is 5.91 Å². The summed E-state index contributed by atoms with van der Waals surface area (Å²) in [4.78, 5) is 25.7. The van der Waals surface area contributed by atoms with Crippen molar-refractivity contribution in [2.75, 3.05) is 19.6 Å². The number of hydrogen-bond donors (Lipinski definition) is 1. The molecule has 0 aromatic heterocycles. The molecular weight excluding hydrogens is 339 g/mol. The lowest BCUT2D eigenvalue weighted by Crippen LogP contribution is -2.38. The number of hydrogen-bond acceptors (Lipinski definition) is 3. The van der Waals surface area contributed by atoms with Crippen LogP contribution < -0.4 is 10.1 Å². The van der Waals surface area contributed by atoms with Gasteiger partial charge in [0.05, 0.1) is 5.02 Å². The normalized spacial score (nSPS) is 15.3. The van der Waals surface area contributed by atoms with Crippen molar-refractivity contribution >= 4 is 35.0 Å². The van der Waals surface area contributed by atoms with Crippen LogP contribution in [0.25, 0.3) is 0 Å². The number of likely N-dealkylation sites (tertiary alicyclic amines) is 1. The van der Waals surface area contributed by atoms with Crippen LogP contribution in [0.4, 0.5) is 0 Å². The second-order valence-corrected chi connectivity index (χ2v) is 6.31. The predicted molar refractivity (Wildman–Crippen MR) is 90.0 cm³/mol. The van der Waals surface area contributed by atoms with Crippen molar-refractivity contribution in [3.8, 4) is 5.75 Å². The van der Waals surface area contributed by atoms with Crippen molar-refractivity contribution in [3.05, 3.63) is 28.2 Å².